The predicted octanol–water partition coefficient (Wildman–Crippen LogP) is 3.84. The lowest BCUT2D eigenvalue weighted by atomic mass is 9.84. The average Bonchev–Trinajstić information content (AvgIpc) is 3.02. The highest BCUT2D eigenvalue weighted by Gasteiger charge is 2.44. The second-order valence-corrected chi connectivity index (χ2v) is 5.10. The van der Waals surface area contributed by atoms with Crippen molar-refractivity contribution in [3.63, 3.8) is 0 Å². The number of hydrogen-bond donors (Lipinski definition) is 0. The van der Waals surface area contributed by atoms with Gasteiger partial charge in [-0.05, 0) is 12.1 Å². The third-order valence-electron chi connectivity index (χ3n) is 3.65. The fraction of sp³-hybridized carbons (Fsp3) is 0.222. The Bertz CT molecular complexity index is 658. The van der Waals surface area contributed by atoms with E-state index in [1.54, 1.807) is 6.92 Å². The molecule has 0 aliphatic carbocycles. The minimum absolute atomic E-state index is 0.205. The second kappa shape index (κ2) is 6.52. The van der Waals surface area contributed by atoms with Gasteiger partial charge in [-0.25, -0.2) is 4.79 Å². The van der Waals surface area contributed by atoms with Gasteiger partial charge in [0.2, 0.25) is 5.90 Å². The summed E-state index contributed by atoms with van der Waals surface area (Å²) in [6, 6.07) is 19.5. The molecule has 23 heavy (non-hydrogen) atoms. The molecule has 3 rings (SSSR count). The maximum absolute atomic E-state index is 11.5. The number of carbonyl (C=O) groups is 1. The van der Waals surface area contributed by atoms with Gasteiger partial charge in [0, 0.05) is 11.1 Å². The summed E-state index contributed by atoms with van der Waals surface area (Å²) in [6.07, 6.45) is -0.452. The maximum atomic E-state index is 11.5. The number of rotatable bonds is 3. The Morgan fingerprint density at radius 3 is 2.17 bits per heavy atom. The van der Waals surface area contributed by atoms with Crippen molar-refractivity contribution in [2.45, 2.75) is 18.9 Å². The first-order valence-electron chi connectivity index (χ1n) is 7.45. The number of carbonyl (C=O) groups excluding carboxylic acids is 1. The molecule has 0 radical (unpaired) electrons. The molecular weight excluding hydrogens is 294 g/mol. The van der Waals surface area contributed by atoms with Crippen molar-refractivity contribution in [3.05, 3.63) is 71.8 Å². The Kier molecular flexibility index (Phi) is 4.28. The van der Waals surface area contributed by atoms with Gasteiger partial charge in [-0.15, -0.1) is 0 Å². The molecule has 0 saturated carbocycles. The van der Waals surface area contributed by atoms with Crippen LogP contribution in [0.25, 0.3) is 0 Å². The Hall–Kier alpha value is -2.82. The van der Waals surface area contributed by atoms with Crippen molar-refractivity contribution in [2.24, 2.45) is 5.16 Å². The Morgan fingerprint density at radius 2 is 1.65 bits per heavy atom. The van der Waals surface area contributed by atoms with E-state index in [1.165, 1.54) is 0 Å². The summed E-state index contributed by atoms with van der Waals surface area (Å²) in [5.41, 5.74) is 1.08. The zero-order valence-electron chi connectivity index (χ0n) is 12.8. The summed E-state index contributed by atoms with van der Waals surface area (Å²) in [7, 11) is 0. The molecule has 0 aromatic heterocycles. The zero-order valence-corrected chi connectivity index (χ0v) is 12.8. The molecule has 0 saturated heterocycles. The van der Waals surface area contributed by atoms with E-state index < -0.39 is 11.8 Å². The molecule has 118 valence electrons. The Morgan fingerprint density at radius 1 is 1.09 bits per heavy atom. The number of ether oxygens (including phenoxy) is 2. The van der Waals surface area contributed by atoms with Crippen LogP contribution >= 0.6 is 0 Å². The van der Waals surface area contributed by atoms with Crippen LogP contribution in [0.1, 0.15) is 24.5 Å². The van der Waals surface area contributed by atoms with Crippen molar-refractivity contribution < 1.29 is 19.1 Å². The number of hydrogen-bond acceptors (Lipinski definition) is 5. The molecule has 0 unspecified atom stereocenters. The molecule has 0 bridgehead atoms. The van der Waals surface area contributed by atoms with E-state index in [1.807, 2.05) is 60.7 Å². The van der Waals surface area contributed by atoms with Crippen LogP contribution in [0.4, 0.5) is 4.79 Å². The lowest BCUT2D eigenvalue weighted by Gasteiger charge is -2.27. The van der Waals surface area contributed by atoms with Crippen LogP contribution in [0.15, 0.2) is 65.8 Å². The van der Waals surface area contributed by atoms with Gasteiger partial charge in [-0.3, -0.25) is 0 Å². The van der Waals surface area contributed by atoms with Gasteiger partial charge in [-0.1, -0.05) is 60.7 Å². The van der Waals surface area contributed by atoms with E-state index in [9.17, 15) is 4.79 Å². The number of oxime groups is 1. The van der Waals surface area contributed by atoms with Crippen molar-refractivity contribution in [3.8, 4) is 0 Å². The van der Waals surface area contributed by atoms with Crippen molar-refractivity contribution >= 4 is 12.1 Å². The third-order valence-corrected chi connectivity index (χ3v) is 3.65. The van der Waals surface area contributed by atoms with Crippen molar-refractivity contribution in [1.29, 1.82) is 0 Å². The van der Waals surface area contributed by atoms with Crippen LogP contribution in [0.2, 0.25) is 0 Å². The van der Waals surface area contributed by atoms with Crippen LogP contribution in [0, 0.1) is 0 Å². The molecule has 5 nitrogen and oxygen atoms in total. The van der Waals surface area contributed by atoms with Crippen LogP contribution in [-0.4, -0.2) is 18.7 Å². The molecule has 1 aliphatic heterocycles. The summed E-state index contributed by atoms with van der Waals surface area (Å²) in [5.74, 6) is 0.205. The first kappa shape index (κ1) is 15.1. The topological polar surface area (TPSA) is 57.1 Å². The molecule has 1 aliphatic rings. The van der Waals surface area contributed by atoms with Gasteiger partial charge < -0.3 is 14.3 Å². The molecule has 5 heteroatoms. The molecule has 0 fully saturated rings. The Labute approximate surface area is 134 Å². The highest BCUT2D eigenvalue weighted by molar-refractivity contribution is 5.87. The van der Waals surface area contributed by atoms with Crippen molar-refractivity contribution in [2.75, 3.05) is 6.61 Å². The van der Waals surface area contributed by atoms with Gasteiger partial charge >= 0.3 is 6.16 Å². The monoisotopic (exact) mass is 311 g/mol. The molecule has 0 spiro atoms. The maximum Gasteiger partial charge on any atom is 0.515 e. The van der Waals surface area contributed by atoms with E-state index >= 15 is 0 Å². The van der Waals surface area contributed by atoms with E-state index in [4.69, 9.17) is 14.3 Å². The molecule has 0 amide bonds. The number of nitrogens with zero attached hydrogens (tertiary/aromatic N) is 1. The normalized spacial score (nSPS) is 15.4. The lowest BCUT2D eigenvalue weighted by Crippen LogP contribution is -2.28. The van der Waals surface area contributed by atoms with Gasteiger partial charge in [0.1, 0.15) is 0 Å². The highest BCUT2D eigenvalue weighted by Crippen LogP contribution is 2.41. The van der Waals surface area contributed by atoms with Crippen LogP contribution in [0.5, 0.6) is 0 Å². The molecule has 0 N–H and O–H groups in total. The van der Waals surface area contributed by atoms with E-state index in [2.05, 4.69) is 5.16 Å². The third kappa shape index (κ3) is 3.04. The SMILES string of the molecule is CCOC(=O)OC1=NOC(c2ccccc2)(c2ccccc2)C1. The average molecular weight is 311 g/mol. The first-order valence-corrected chi connectivity index (χ1v) is 7.45. The lowest BCUT2D eigenvalue weighted by molar-refractivity contribution is 0.0111. The van der Waals surface area contributed by atoms with Crippen LogP contribution in [-0.2, 0) is 19.9 Å². The first-order chi connectivity index (χ1) is 11.2. The fourth-order valence-corrected chi connectivity index (χ4v) is 2.60. The summed E-state index contributed by atoms with van der Waals surface area (Å²) in [5, 5.41) is 3.96. The summed E-state index contributed by atoms with van der Waals surface area (Å²) in [6.45, 7) is 1.96. The zero-order chi connectivity index (χ0) is 16.1. The minimum Gasteiger partial charge on any atom is -0.434 e. The summed E-state index contributed by atoms with van der Waals surface area (Å²) in [4.78, 5) is 17.3. The summed E-state index contributed by atoms with van der Waals surface area (Å²) < 4.78 is 9.90. The number of benzene rings is 2. The second-order valence-electron chi connectivity index (χ2n) is 5.10. The van der Waals surface area contributed by atoms with Crippen LogP contribution in [0.3, 0.4) is 0 Å². The van der Waals surface area contributed by atoms with Gasteiger partial charge in [0.15, 0.2) is 5.60 Å². The molecule has 0 atom stereocenters. The quantitative estimate of drug-likeness (QED) is 0.808. The minimum atomic E-state index is -0.801. The largest absolute Gasteiger partial charge is 0.515 e. The molecular formula is C18H17NO4. The van der Waals surface area contributed by atoms with E-state index in [-0.39, 0.29) is 12.5 Å². The highest BCUT2D eigenvalue weighted by atomic mass is 16.7. The fourth-order valence-electron chi connectivity index (χ4n) is 2.60. The van der Waals surface area contributed by atoms with E-state index in [0.717, 1.165) is 11.1 Å². The van der Waals surface area contributed by atoms with Crippen LogP contribution < -0.4 is 0 Å². The Balaban J connectivity index is 1.90. The smallest absolute Gasteiger partial charge is 0.434 e. The van der Waals surface area contributed by atoms with Gasteiger partial charge in [0.05, 0.1) is 13.0 Å². The van der Waals surface area contributed by atoms with Crippen molar-refractivity contribution in [1.82, 2.24) is 0 Å². The predicted molar refractivity (Wildman–Crippen MR) is 84.9 cm³/mol. The molecule has 2 aromatic rings. The standard InChI is InChI=1S/C18H17NO4/c1-2-21-17(20)22-16-13-18(23-19-16,14-9-5-3-6-10-14)15-11-7-4-8-12-15/h3-12H,2,13H2,1H3. The van der Waals surface area contributed by atoms with E-state index in [0.29, 0.717) is 6.42 Å². The molecule has 1 heterocycles. The van der Waals surface area contributed by atoms with Gasteiger partial charge in [-0.2, -0.15) is 0 Å². The molecule has 2 aromatic carbocycles. The van der Waals surface area contributed by atoms with Gasteiger partial charge in [0.25, 0.3) is 0 Å². The summed E-state index contributed by atoms with van der Waals surface area (Å²) >= 11 is 0.